The predicted octanol–water partition coefficient (Wildman–Crippen LogP) is 3.10. The van der Waals surface area contributed by atoms with Crippen LogP contribution in [-0.4, -0.2) is 26.0 Å². The number of benzene rings is 2. The summed E-state index contributed by atoms with van der Waals surface area (Å²) in [7, 11) is -2.85. The molecule has 1 saturated heterocycles. The third kappa shape index (κ3) is 4.58. The van der Waals surface area contributed by atoms with Crippen LogP contribution in [0.4, 0.5) is 0 Å². The maximum absolute atomic E-state index is 11.5. The summed E-state index contributed by atoms with van der Waals surface area (Å²) in [5.74, 6) is 1.37. The van der Waals surface area contributed by atoms with Crippen molar-refractivity contribution in [1.82, 2.24) is 5.32 Å². The molecule has 1 aliphatic rings. The first-order valence-corrected chi connectivity index (χ1v) is 10.1. The molecule has 0 radical (unpaired) electrons. The first-order valence-electron chi connectivity index (χ1n) is 8.25. The normalized spacial score (nSPS) is 20.6. The summed E-state index contributed by atoms with van der Waals surface area (Å²) in [5.41, 5.74) is 2.27. The van der Waals surface area contributed by atoms with Gasteiger partial charge in [0.1, 0.15) is 12.4 Å². The van der Waals surface area contributed by atoms with Crippen molar-refractivity contribution < 1.29 is 13.2 Å². The lowest BCUT2D eigenvalue weighted by Crippen LogP contribution is -2.32. The third-order valence-corrected chi connectivity index (χ3v) is 6.11. The summed E-state index contributed by atoms with van der Waals surface area (Å²) >= 11 is 0. The molecule has 3 rings (SSSR count). The molecule has 2 aromatic rings. The predicted molar refractivity (Wildman–Crippen MR) is 95.8 cm³/mol. The Labute approximate surface area is 143 Å². The van der Waals surface area contributed by atoms with Crippen LogP contribution >= 0.6 is 0 Å². The van der Waals surface area contributed by atoms with Crippen molar-refractivity contribution in [2.45, 2.75) is 32.0 Å². The van der Waals surface area contributed by atoms with Gasteiger partial charge in [0.25, 0.3) is 0 Å². The Hall–Kier alpha value is -1.85. The fraction of sp³-hybridized carbons (Fsp3) is 0.368. The van der Waals surface area contributed by atoms with Crippen LogP contribution in [0.2, 0.25) is 0 Å². The second kappa shape index (κ2) is 7.36. The van der Waals surface area contributed by atoms with Crippen LogP contribution in [0.25, 0.3) is 0 Å². The van der Waals surface area contributed by atoms with Crippen molar-refractivity contribution in [3.63, 3.8) is 0 Å². The lowest BCUT2D eigenvalue weighted by atomic mass is 10.1. The Balaban J connectivity index is 1.54. The second-order valence-corrected chi connectivity index (χ2v) is 8.56. The first kappa shape index (κ1) is 17.0. The van der Waals surface area contributed by atoms with Gasteiger partial charge in [-0.25, -0.2) is 8.42 Å². The minimum Gasteiger partial charge on any atom is -0.489 e. The van der Waals surface area contributed by atoms with Gasteiger partial charge >= 0.3 is 0 Å². The van der Waals surface area contributed by atoms with E-state index in [2.05, 4.69) is 12.2 Å². The van der Waals surface area contributed by atoms with E-state index < -0.39 is 9.84 Å². The molecule has 1 N–H and O–H groups in total. The van der Waals surface area contributed by atoms with Crippen molar-refractivity contribution >= 4 is 9.84 Å². The summed E-state index contributed by atoms with van der Waals surface area (Å²) in [6.45, 7) is 2.61. The van der Waals surface area contributed by atoms with Gasteiger partial charge in [0, 0.05) is 12.1 Å². The lowest BCUT2D eigenvalue weighted by Gasteiger charge is -2.19. The van der Waals surface area contributed by atoms with E-state index in [1.54, 1.807) is 0 Å². The number of ether oxygens (including phenoxy) is 1. The molecule has 128 valence electrons. The Morgan fingerprint density at radius 2 is 1.83 bits per heavy atom. The van der Waals surface area contributed by atoms with E-state index in [9.17, 15) is 8.42 Å². The Kier molecular flexibility index (Phi) is 5.21. The summed E-state index contributed by atoms with van der Waals surface area (Å²) < 4.78 is 28.9. The third-order valence-electron chi connectivity index (χ3n) is 4.35. The standard InChI is InChI=1S/C19H23NO3S/c1-15(20-18-11-12-24(21,22)14-18)17-7-9-19(10-8-17)23-13-16-5-3-2-4-6-16/h2-10,15,18,20H,11-14H2,1H3. The Morgan fingerprint density at radius 1 is 1.12 bits per heavy atom. The molecule has 0 aliphatic carbocycles. The van der Waals surface area contributed by atoms with Crippen molar-refractivity contribution in [3.05, 3.63) is 65.7 Å². The minimum absolute atomic E-state index is 0.0546. The van der Waals surface area contributed by atoms with Gasteiger partial charge in [-0.15, -0.1) is 0 Å². The SMILES string of the molecule is CC(NC1CCS(=O)(=O)C1)c1ccc(OCc2ccccc2)cc1. The summed E-state index contributed by atoms with van der Waals surface area (Å²) in [4.78, 5) is 0. The molecule has 4 nitrogen and oxygen atoms in total. The van der Waals surface area contributed by atoms with E-state index in [0.29, 0.717) is 18.8 Å². The molecule has 0 saturated carbocycles. The second-order valence-electron chi connectivity index (χ2n) is 6.33. The highest BCUT2D eigenvalue weighted by Gasteiger charge is 2.28. The van der Waals surface area contributed by atoms with Crippen LogP contribution in [0.5, 0.6) is 5.75 Å². The van der Waals surface area contributed by atoms with Crippen molar-refractivity contribution in [3.8, 4) is 5.75 Å². The number of hydrogen-bond donors (Lipinski definition) is 1. The van der Waals surface area contributed by atoms with Crippen LogP contribution in [0.15, 0.2) is 54.6 Å². The molecule has 0 aromatic heterocycles. The van der Waals surface area contributed by atoms with E-state index in [-0.39, 0.29) is 17.8 Å². The van der Waals surface area contributed by atoms with Gasteiger partial charge in [-0.2, -0.15) is 0 Å². The number of sulfone groups is 1. The topological polar surface area (TPSA) is 55.4 Å². The van der Waals surface area contributed by atoms with Crippen LogP contribution in [0.1, 0.15) is 30.5 Å². The smallest absolute Gasteiger partial charge is 0.151 e. The zero-order chi connectivity index (χ0) is 17.0. The molecular formula is C19H23NO3S. The fourth-order valence-electron chi connectivity index (χ4n) is 2.97. The maximum atomic E-state index is 11.5. The number of hydrogen-bond acceptors (Lipinski definition) is 4. The molecule has 24 heavy (non-hydrogen) atoms. The molecule has 5 heteroatoms. The Bertz CT molecular complexity index is 757. The van der Waals surface area contributed by atoms with Gasteiger partial charge in [-0.3, -0.25) is 0 Å². The zero-order valence-corrected chi connectivity index (χ0v) is 14.6. The molecule has 0 spiro atoms. The highest BCUT2D eigenvalue weighted by Crippen LogP contribution is 2.21. The fourth-order valence-corrected chi connectivity index (χ4v) is 4.66. The van der Waals surface area contributed by atoms with Gasteiger partial charge in [-0.05, 0) is 36.6 Å². The summed E-state index contributed by atoms with van der Waals surface area (Å²) in [6, 6.07) is 18.2. The highest BCUT2D eigenvalue weighted by atomic mass is 32.2. The zero-order valence-electron chi connectivity index (χ0n) is 13.8. The Morgan fingerprint density at radius 3 is 2.46 bits per heavy atom. The van der Waals surface area contributed by atoms with Gasteiger partial charge < -0.3 is 10.1 Å². The first-order chi connectivity index (χ1) is 11.5. The van der Waals surface area contributed by atoms with Gasteiger partial charge in [0.2, 0.25) is 0 Å². The van der Waals surface area contributed by atoms with Gasteiger partial charge in [-0.1, -0.05) is 42.5 Å². The monoisotopic (exact) mass is 345 g/mol. The lowest BCUT2D eigenvalue weighted by molar-refractivity contribution is 0.306. The van der Waals surface area contributed by atoms with Crippen molar-refractivity contribution in [2.24, 2.45) is 0 Å². The van der Waals surface area contributed by atoms with Crippen molar-refractivity contribution in [1.29, 1.82) is 0 Å². The largest absolute Gasteiger partial charge is 0.489 e. The molecule has 1 aliphatic heterocycles. The van der Waals surface area contributed by atoms with E-state index in [4.69, 9.17) is 4.74 Å². The maximum Gasteiger partial charge on any atom is 0.151 e. The van der Waals surface area contributed by atoms with Crippen LogP contribution in [0, 0.1) is 0 Å². The summed E-state index contributed by atoms with van der Waals surface area (Å²) in [6.07, 6.45) is 0.699. The van der Waals surface area contributed by atoms with E-state index in [1.807, 2.05) is 54.6 Å². The average Bonchev–Trinajstić information content (AvgIpc) is 2.93. The van der Waals surface area contributed by atoms with Crippen LogP contribution in [-0.2, 0) is 16.4 Å². The van der Waals surface area contributed by atoms with E-state index in [0.717, 1.165) is 16.9 Å². The van der Waals surface area contributed by atoms with Crippen LogP contribution < -0.4 is 10.1 Å². The van der Waals surface area contributed by atoms with E-state index in [1.165, 1.54) is 0 Å². The number of rotatable bonds is 6. The van der Waals surface area contributed by atoms with Crippen molar-refractivity contribution in [2.75, 3.05) is 11.5 Å². The average molecular weight is 345 g/mol. The minimum atomic E-state index is -2.85. The molecule has 1 fully saturated rings. The van der Waals surface area contributed by atoms with Gasteiger partial charge in [0.15, 0.2) is 9.84 Å². The molecule has 2 aromatic carbocycles. The number of nitrogens with one attached hydrogen (secondary N) is 1. The molecule has 0 amide bonds. The highest BCUT2D eigenvalue weighted by molar-refractivity contribution is 7.91. The quantitative estimate of drug-likeness (QED) is 0.874. The summed E-state index contributed by atoms with van der Waals surface area (Å²) in [5, 5.41) is 3.41. The molecular weight excluding hydrogens is 322 g/mol. The molecule has 0 bridgehead atoms. The van der Waals surface area contributed by atoms with Gasteiger partial charge in [0.05, 0.1) is 11.5 Å². The molecule has 2 unspecified atom stereocenters. The molecule has 2 atom stereocenters. The van der Waals surface area contributed by atoms with Crippen LogP contribution in [0.3, 0.4) is 0 Å². The molecule has 1 heterocycles. The van der Waals surface area contributed by atoms with E-state index >= 15 is 0 Å².